The van der Waals surface area contributed by atoms with Crippen molar-refractivity contribution in [3.8, 4) is 0 Å². The van der Waals surface area contributed by atoms with Crippen LogP contribution in [0.1, 0.15) is 5.56 Å². The van der Waals surface area contributed by atoms with Gasteiger partial charge in [-0.3, -0.25) is 0 Å². The Hall–Kier alpha value is -2.24. The number of hydrogen-bond donors (Lipinski definition) is 0. The van der Waals surface area contributed by atoms with Crippen molar-refractivity contribution in [3.05, 3.63) is 35.9 Å². The molecule has 0 fully saturated rings. The topological polar surface area (TPSA) is 77.3 Å². The highest BCUT2D eigenvalue weighted by molar-refractivity contribution is 5.72. The molecule has 0 N–H and O–H groups in total. The number of amides is 2. The van der Waals surface area contributed by atoms with Crippen molar-refractivity contribution >= 4 is 12.2 Å². The maximum atomic E-state index is 10.9. The first-order chi connectivity index (χ1) is 7.72. The van der Waals surface area contributed by atoms with E-state index >= 15 is 0 Å². The Kier molecular flexibility index (Phi) is 4.65. The van der Waals surface area contributed by atoms with Crippen molar-refractivity contribution in [3.63, 3.8) is 0 Å². The van der Waals surface area contributed by atoms with Crippen LogP contribution in [0.25, 0.3) is 0 Å². The van der Waals surface area contributed by atoms with Crippen LogP contribution in [0.4, 0.5) is 9.59 Å². The largest absolute Gasteiger partial charge is 0.452 e. The number of azo groups is 1. The van der Waals surface area contributed by atoms with E-state index in [0.717, 1.165) is 12.7 Å². The van der Waals surface area contributed by atoms with Gasteiger partial charge in [-0.1, -0.05) is 40.6 Å². The summed E-state index contributed by atoms with van der Waals surface area (Å²) in [6.45, 7) is 0.0832. The van der Waals surface area contributed by atoms with E-state index in [0.29, 0.717) is 0 Å². The van der Waals surface area contributed by atoms with Crippen LogP contribution >= 0.6 is 0 Å². The number of nitrogens with zero attached hydrogens (tertiary/aromatic N) is 2. The van der Waals surface area contributed by atoms with Crippen molar-refractivity contribution in [2.24, 2.45) is 10.2 Å². The predicted octanol–water partition coefficient (Wildman–Crippen LogP) is 2.54. The second-order valence-corrected chi connectivity index (χ2v) is 2.71. The van der Waals surface area contributed by atoms with Gasteiger partial charge in [0.15, 0.2) is 0 Å². The van der Waals surface area contributed by atoms with Crippen LogP contribution in [0.5, 0.6) is 0 Å². The molecule has 84 valence electrons. The molecule has 6 heteroatoms. The first kappa shape index (κ1) is 11.8. The normalized spacial score (nSPS) is 10.1. The lowest BCUT2D eigenvalue weighted by atomic mass is 10.2. The van der Waals surface area contributed by atoms with Crippen LogP contribution in [-0.4, -0.2) is 19.3 Å². The van der Waals surface area contributed by atoms with E-state index in [2.05, 4.69) is 15.0 Å². The summed E-state index contributed by atoms with van der Waals surface area (Å²) < 4.78 is 8.87. The molecular weight excluding hydrogens is 212 g/mol. The van der Waals surface area contributed by atoms with Crippen molar-refractivity contribution in [1.82, 2.24) is 0 Å². The average Bonchev–Trinajstić information content (AvgIpc) is 2.34. The number of rotatable bonds is 2. The summed E-state index contributed by atoms with van der Waals surface area (Å²) in [4.78, 5) is 21.4. The van der Waals surface area contributed by atoms with E-state index in [1.165, 1.54) is 0 Å². The SMILES string of the molecule is COC(=O)/N=N/C(=O)OCc1ccccc1. The highest BCUT2D eigenvalue weighted by Gasteiger charge is 2.02. The van der Waals surface area contributed by atoms with E-state index < -0.39 is 12.2 Å². The molecule has 0 unspecified atom stereocenters. The molecule has 1 aromatic rings. The highest BCUT2D eigenvalue weighted by Crippen LogP contribution is 2.01. The van der Waals surface area contributed by atoms with E-state index in [-0.39, 0.29) is 6.61 Å². The van der Waals surface area contributed by atoms with Gasteiger partial charge in [-0.15, -0.1) is 0 Å². The van der Waals surface area contributed by atoms with E-state index in [1.807, 2.05) is 18.2 Å². The Bertz CT molecular complexity index is 389. The lowest BCUT2D eigenvalue weighted by molar-refractivity contribution is 0.146. The molecular formula is C10H10N2O4. The second kappa shape index (κ2) is 6.28. The summed E-state index contributed by atoms with van der Waals surface area (Å²) in [5, 5.41) is 5.94. The molecule has 0 bridgehead atoms. The third-order valence-corrected chi connectivity index (χ3v) is 1.59. The molecule has 0 saturated carbocycles. The van der Waals surface area contributed by atoms with Crippen LogP contribution < -0.4 is 0 Å². The van der Waals surface area contributed by atoms with Crippen LogP contribution in [-0.2, 0) is 16.1 Å². The molecule has 0 aromatic heterocycles. The fourth-order valence-corrected chi connectivity index (χ4v) is 0.871. The highest BCUT2D eigenvalue weighted by atomic mass is 16.6. The minimum absolute atomic E-state index is 0.0832. The molecule has 0 aliphatic rings. The van der Waals surface area contributed by atoms with Gasteiger partial charge in [0.05, 0.1) is 7.11 Å². The summed E-state index contributed by atoms with van der Waals surface area (Å²) >= 11 is 0. The average molecular weight is 222 g/mol. The molecule has 1 aromatic carbocycles. The van der Waals surface area contributed by atoms with Gasteiger partial charge in [0.25, 0.3) is 0 Å². The Morgan fingerprint density at radius 1 is 1.12 bits per heavy atom. The number of hydrogen-bond acceptors (Lipinski definition) is 4. The second-order valence-electron chi connectivity index (χ2n) is 2.71. The van der Waals surface area contributed by atoms with Gasteiger partial charge in [0.1, 0.15) is 6.61 Å². The molecule has 16 heavy (non-hydrogen) atoms. The fourth-order valence-electron chi connectivity index (χ4n) is 0.871. The summed E-state index contributed by atoms with van der Waals surface area (Å²) in [5.74, 6) is 0. The Morgan fingerprint density at radius 2 is 1.75 bits per heavy atom. The van der Waals surface area contributed by atoms with Crippen LogP contribution in [0, 0.1) is 0 Å². The van der Waals surface area contributed by atoms with Gasteiger partial charge in [-0.05, 0) is 5.56 Å². The minimum atomic E-state index is -0.948. The lowest BCUT2D eigenvalue weighted by Gasteiger charge is -1.99. The Balaban J connectivity index is 2.36. The minimum Gasteiger partial charge on any atom is -0.450 e. The van der Waals surface area contributed by atoms with Gasteiger partial charge >= 0.3 is 12.2 Å². The summed E-state index contributed by atoms with van der Waals surface area (Å²) in [7, 11) is 1.14. The zero-order valence-electron chi connectivity index (χ0n) is 8.62. The zero-order chi connectivity index (χ0) is 11.8. The van der Waals surface area contributed by atoms with Crippen LogP contribution in [0.15, 0.2) is 40.6 Å². The van der Waals surface area contributed by atoms with Crippen molar-refractivity contribution in [1.29, 1.82) is 0 Å². The summed E-state index contributed by atoms with van der Waals surface area (Å²) in [5.41, 5.74) is 0.823. The number of benzene rings is 1. The van der Waals surface area contributed by atoms with E-state index in [9.17, 15) is 9.59 Å². The summed E-state index contributed by atoms with van der Waals surface area (Å²) in [6.07, 6.45) is -1.88. The van der Waals surface area contributed by atoms with Crippen molar-refractivity contribution in [2.75, 3.05) is 7.11 Å². The molecule has 0 atom stereocenters. The Morgan fingerprint density at radius 3 is 2.38 bits per heavy atom. The standard InChI is InChI=1S/C10H10N2O4/c1-15-9(13)11-12-10(14)16-7-8-5-3-2-4-6-8/h2-6H,7H2,1H3/b12-11+. The van der Waals surface area contributed by atoms with Gasteiger partial charge in [-0.2, -0.15) is 0 Å². The smallest absolute Gasteiger partial charge is 0.450 e. The van der Waals surface area contributed by atoms with Gasteiger partial charge in [0.2, 0.25) is 0 Å². The number of methoxy groups -OCH3 is 1. The number of carbonyl (C=O) groups excluding carboxylic acids is 2. The molecule has 0 radical (unpaired) electrons. The molecule has 0 saturated heterocycles. The van der Waals surface area contributed by atoms with E-state index in [1.54, 1.807) is 12.1 Å². The van der Waals surface area contributed by atoms with Crippen LogP contribution in [0.3, 0.4) is 0 Å². The lowest BCUT2D eigenvalue weighted by Crippen LogP contribution is -2.00. The maximum Gasteiger partial charge on any atom is 0.452 e. The molecule has 2 amide bonds. The van der Waals surface area contributed by atoms with Gasteiger partial charge < -0.3 is 9.47 Å². The van der Waals surface area contributed by atoms with E-state index in [4.69, 9.17) is 4.74 Å². The van der Waals surface area contributed by atoms with Gasteiger partial charge in [0, 0.05) is 0 Å². The molecule has 1 rings (SSSR count). The first-order valence-corrected chi connectivity index (χ1v) is 4.42. The quantitative estimate of drug-likeness (QED) is 0.720. The first-order valence-electron chi connectivity index (χ1n) is 4.42. The monoisotopic (exact) mass is 222 g/mol. The van der Waals surface area contributed by atoms with Gasteiger partial charge in [-0.25, -0.2) is 9.59 Å². The van der Waals surface area contributed by atoms with Crippen molar-refractivity contribution < 1.29 is 19.1 Å². The molecule has 0 heterocycles. The fraction of sp³-hybridized carbons (Fsp3) is 0.200. The number of carbonyl (C=O) groups is 2. The predicted molar refractivity (Wildman–Crippen MR) is 53.9 cm³/mol. The molecule has 0 aliphatic carbocycles. The maximum absolute atomic E-state index is 10.9. The van der Waals surface area contributed by atoms with Crippen LogP contribution in [0.2, 0.25) is 0 Å². The van der Waals surface area contributed by atoms with Crippen molar-refractivity contribution in [2.45, 2.75) is 6.61 Å². The zero-order valence-corrected chi connectivity index (χ0v) is 8.62. The summed E-state index contributed by atoms with van der Waals surface area (Å²) in [6, 6.07) is 9.08. The molecule has 0 spiro atoms. The third kappa shape index (κ3) is 4.32. The third-order valence-electron chi connectivity index (χ3n) is 1.59. The molecule has 0 aliphatic heterocycles. The Labute approximate surface area is 91.9 Å². The number of ether oxygens (including phenoxy) is 2. The molecule has 6 nitrogen and oxygen atoms in total.